The summed E-state index contributed by atoms with van der Waals surface area (Å²) in [5.74, 6) is -1.16. The molecule has 3 N–H and O–H groups in total. The highest BCUT2D eigenvalue weighted by Crippen LogP contribution is 2.41. The van der Waals surface area contributed by atoms with Gasteiger partial charge in [-0.2, -0.15) is 0 Å². The molecule has 8 heteroatoms. The predicted molar refractivity (Wildman–Crippen MR) is 90.8 cm³/mol. The number of H-pyrrole nitrogens is 2. The zero-order chi connectivity index (χ0) is 18.1. The Bertz CT molecular complexity index is 942. The van der Waals surface area contributed by atoms with E-state index in [-0.39, 0.29) is 11.4 Å². The van der Waals surface area contributed by atoms with Gasteiger partial charge in [-0.15, -0.1) is 0 Å². The van der Waals surface area contributed by atoms with Crippen LogP contribution in [-0.4, -0.2) is 30.2 Å². The number of fused-ring (bicyclic) bond motifs is 1. The van der Waals surface area contributed by atoms with Crippen molar-refractivity contribution in [3.05, 3.63) is 68.5 Å². The minimum absolute atomic E-state index is 0.222. The first-order valence-electron chi connectivity index (χ1n) is 7.50. The first-order chi connectivity index (χ1) is 12.0. The number of aromatic amines is 2. The van der Waals surface area contributed by atoms with Crippen LogP contribution in [0.1, 0.15) is 17.0 Å². The number of aromatic nitrogens is 2. The van der Waals surface area contributed by atoms with Gasteiger partial charge in [0.1, 0.15) is 17.5 Å². The van der Waals surface area contributed by atoms with Crippen molar-refractivity contribution in [3.8, 4) is 5.75 Å². The van der Waals surface area contributed by atoms with E-state index in [0.29, 0.717) is 17.0 Å². The van der Waals surface area contributed by atoms with E-state index in [2.05, 4.69) is 21.9 Å². The second kappa shape index (κ2) is 6.31. The number of ether oxygens (including phenoxy) is 2. The van der Waals surface area contributed by atoms with E-state index in [1.54, 1.807) is 31.4 Å². The maximum Gasteiger partial charge on any atom is 0.327 e. The van der Waals surface area contributed by atoms with Crippen molar-refractivity contribution in [1.82, 2.24) is 9.97 Å². The molecule has 0 saturated carbocycles. The van der Waals surface area contributed by atoms with Gasteiger partial charge in [-0.1, -0.05) is 18.7 Å². The summed E-state index contributed by atoms with van der Waals surface area (Å²) in [4.78, 5) is 41.1. The summed E-state index contributed by atoms with van der Waals surface area (Å²) in [5, 5.41) is 2.83. The molecule has 1 aromatic carbocycles. The Morgan fingerprint density at radius 2 is 1.80 bits per heavy atom. The molecule has 2 aromatic rings. The van der Waals surface area contributed by atoms with E-state index >= 15 is 0 Å². The molecule has 0 radical (unpaired) electrons. The summed E-state index contributed by atoms with van der Waals surface area (Å²) in [7, 11) is 2.82. The fourth-order valence-electron chi connectivity index (χ4n) is 3.07. The predicted octanol–water partition coefficient (Wildman–Crippen LogP) is 0.932. The highest BCUT2D eigenvalue weighted by Gasteiger charge is 2.41. The van der Waals surface area contributed by atoms with Crippen molar-refractivity contribution in [2.75, 3.05) is 19.5 Å². The monoisotopic (exact) mass is 343 g/mol. The second-order valence-electron chi connectivity index (χ2n) is 5.60. The highest BCUT2D eigenvalue weighted by atomic mass is 16.5. The fourth-order valence-corrected chi connectivity index (χ4v) is 3.07. The van der Waals surface area contributed by atoms with Gasteiger partial charge < -0.3 is 14.8 Å². The highest BCUT2D eigenvalue weighted by molar-refractivity contribution is 5.81. The third kappa shape index (κ3) is 2.82. The van der Waals surface area contributed by atoms with E-state index in [0.717, 1.165) is 0 Å². The first kappa shape index (κ1) is 16.6. The maximum absolute atomic E-state index is 12.4. The van der Waals surface area contributed by atoms with Gasteiger partial charge in [0.25, 0.3) is 5.56 Å². The minimum atomic E-state index is -0.821. The van der Waals surface area contributed by atoms with Crippen molar-refractivity contribution >= 4 is 11.8 Å². The van der Waals surface area contributed by atoms with Crippen LogP contribution in [0.2, 0.25) is 0 Å². The molecule has 130 valence electrons. The lowest BCUT2D eigenvalue weighted by Gasteiger charge is -2.33. The summed E-state index contributed by atoms with van der Waals surface area (Å²) in [6, 6.07) is 6.97. The molecule has 0 saturated heterocycles. The summed E-state index contributed by atoms with van der Waals surface area (Å²) < 4.78 is 10.0. The standard InChI is InChI=1S/C17H17N3O5/c1-8-11(16(22)25-3)12(9-4-6-10(24-2)7-5-9)13-14(18-8)19-17(23)20-15(13)21/h4-7,11-12H,1H2,2-3H3,(H3,18,19,20,21,23)/t11-,12-/m0/s1. The van der Waals surface area contributed by atoms with Crippen LogP contribution < -0.4 is 21.3 Å². The normalized spacial score (nSPS) is 18.9. The Labute approximate surface area is 142 Å². The zero-order valence-corrected chi connectivity index (χ0v) is 13.7. The molecule has 0 aliphatic carbocycles. The molecule has 8 nitrogen and oxygen atoms in total. The van der Waals surface area contributed by atoms with Gasteiger partial charge in [0.15, 0.2) is 0 Å². The summed E-state index contributed by atoms with van der Waals surface area (Å²) in [6.07, 6.45) is 0. The number of anilines is 1. The average molecular weight is 343 g/mol. The van der Waals surface area contributed by atoms with Crippen molar-refractivity contribution in [2.24, 2.45) is 5.92 Å². The first-order valence-corrected chi connectivity index (χ1v) is 7.50. The molecule has 2 heterocycles. The number of hydrogen-bond acceptors (Lipinski definition) is 6. The Kier molecular flexibility index (Phi) is 4.18. The Balaban J connectivity index is 2.25. The summed E-state index contributed by atoms with van der Waals surface area (Å²) in [5.41, 5.74) is 0.0501. The van der Waals surface area contributed by atoms with E-state index in [1.807, 2.05) is 0 Å². The van der Waals surface area contributed by atoms with Crippen LogP contribution in [0.15, 0.2) is 46.1 Å². The molecular formula is C17H17N3O5. The van der Waals surface area contributed by atoms with Gasteiger partial charge in [0.05, 0.1) is 19.8 Å². The molecule has 2 atom stereocenters. The average Bonchev–Trinajstić information content (AvgIpc) is 2.59. The van der Waals surface area contributed by atoms with Gasteiger partial charge in [-0.05, 0) is 17.7 Å². The number of rotatable bonds is 3. The lowest BCUT2D eigenvalue weighted by atomic mass is 9.77. The lowest BCUT2D eigenvalue weighted by Crippen LogP contribution is -2.39. The molecule has 3 rings (SSSR count). The van der Waals surface area contributed by atoms with Crippen LogP contribution in [0.3, 0.4) is 0 Å². The van der Waals surface area contributed by atoms with Gasteiger partial charge in [-0.3, -0.25) is 19.6 Å². The van der Waals surface area contributed by atoms with Crippen LogP contribution in [0.25, 0.3) is 0 Å². The van der Waals surface area contributed by atoms with E-state index in [9.17, 15) is 14.4 Å². The van der Waals surface area contributed by atoms with Gasteiger partial charge in [0, 0.05) is 11.6 Å². The maximum atomic E-state index is 12.4. The number of benzene rings is 1. The van der Waals surface area contributed by atoms with Crippen LogP contribution in [0.5, 0.6) is 5.75 Å². The van der Waals surface area contributed by atoms with E-state index in [1.165, 1.54) is 7.11 Å². The van der Waals surface area contributed by atoms with Gasteiger partial charge >= 0.3 is 11.7 Å². The minimum Gasteiger partial charge on any atom is -0.497 e. The Morgan fingerprint density at radius 1 is 1.12 bits per heavy atom. The van der Waals surface area contributed by atoms with Crippen LogP contribution >= 0.6 is 0 Å². The number of methoxy groups -OCH3 is 2. The third-order valence-electron chi connectivity index (χ3n) is 4.21. The quantitative estimate of drug-likeness (QED) is 0.715. The fraction of sp³-hybridized carbons (Fsp3) is 0.235. The van der Waals surface area contributed by atoms with E-state index in [4.69, 9.17) is 9.47 Å². The SMILES string of the molecule is C=C1Nc2[nH]c(=O)[nH]c(=O)c2[C@@H](c2ccc(OC)cc2)[C@H]1C(=O)OC. The molecule has 1 aromatic heterocycles. The third-order valence-corrected chi connectivity index (χ3v) is 4.21. The van der Waals surface area contributed by atoms with Crippen molar-refractivity contribution in [3.63, 3.8) is 0 Å². The number of esters is 1. The number of carbonyl (C=O) groups is 1. The van der Waals surface area contributed by atoms with Crippen molar-refractivity contribution in [2.45, 2.75) is 5.92 Å². The molecule has 0 fully saturated rings. The molecule has 0 bridgehead atoms. The molecule has 0 spiro atoms. The largest absolute Gasteiger partial charge is 0.497 e. The van der Waals surface area contributed by atoms with Crippen LogP contribution in [0.4, 0.5) is 5.82 Å². The number of nitrogens with one attached hydrogen (secondary N) is 3. The lowest BCUT2D eigenvalue weighted by molar-refractivity contribution is -0.144. The molecule has 25 heavy (non-hydrogen) atoms. The van der Waals surface area contributed by atoms with Crippen molar-refractivity contribution < 1.29 is 14.3 Å². The molecular weight excluding hydrogens is 326 g/mol. The smallest absolute Gasteiger partial charge is 0.327 e. The molecule has 1 aliphatic rings. The number of carbonyl (C=O) groups excluding carboxylic acids is 1. The van der Waals surface area contributed by atoms with E-state index < -0.39 is 29.1 Å². The Morgan fingerprint density at radius 3 is 2.40 bits per heavy atom. The second-order valence-corrected chi connectivity index (χ2v) is 5.60. The molecule has 0 amide bonds. The van der Waals surface area contributed by atoms with Gasteiger partial charge in [-0.25, -0.2) is 4.79 Å². The zero-order valence-electron chi connectivity index (χ0n) is 13.7. The van der Waals surface area contributed by atoms with Crippen molar-refractivity contribution in [1.29, 1.82) is 0 Å². The van der Waals surface area contributed by atoms with Crippen LogP contribution in [-0.2, 0) is 9.53 Å². The molecule has 1 aliphatic heterocycles. The summed E-state index contributed by atoms with van der Waals surface area (Å²) >= 11 is 0. The number of hydrogen-bond donors (Lipinski definition) is 3. The molecule has 0 unspecified atom stereocenters. The Hall–Kier alpha value is -3.29. The summed E-state index contributed by atoms with van der Waals surface area (Å²) in [6.45, 7) is 3.86. The van der Waals surface area contributed by atoms with Gasteiger partial charge in [0.2, 0.25) is 0 Å². The topological polar surface area (TPSA) is 113 Å². The van der Waals surface area contributed by atoms with Crippen LogP contribution in [0, 0.1) is 5.92 Å².